The lowest BCUT2D eigenvalue weighted by atomic mass is 10.2. The molecule has 1 atom stereocenters. The summed E-state index contributed by atoms with van der Waals surface area (Å²) >= 11 is 0. The van der Waals surface area contributed by atoms with Gasteiger partial charge in [-0.25, -0.2) is 4.79 Å². The number of carboxylic acid groups (broad SMARTS) is 1. The van der Waals surface area contributed by atoms with Gasteiger partial charge in [0, 0.05) is 5.57 Å². The van der Waals surface area contributed by atoms with Gasteiger partial charge in [-0.1, -0.05) is 6.08 Å². The zero-order chi connectivity index (χ0) is 10.3. The van der Waals surface area contributed by atoms with Crippen molar-refractivity contribution in [3.05, 3.63) is 11.6 Å². The Kier molecular flexibility index (Phi) is 6.18. The summed E-state index contributed by atoms with van der Waals surface area (Å²) in [7, 11) is 0. The van der Waals surface area contributed by atoms with Crippen LogP contribution in [0.1, 0.15) is 20.3 Å². The van der Waals surface area contributed by atoms with Crippen molar-refractivity contribution in [1.29, 1.82) is 0 Å². The third-order valence-electron chi connectivity index (χ3n) is 1.59. The number of aliphatic carboxylic acids is 1. The quantitative estimate of drug-likeness (QED) is 0.605. The number of aliphatic hydroxyl groups is 1. The monoisotopic (exact) mass is 188 g/mol. The average Bonchev–Trinajstić information content (AvgIpc) is 2.10. The van der Waals surface area contributed by atoms with E-state index in [1.807, 2.05) is 6.92 Å². The molecule has 0 spiro atoms. The summed E-state index contributed by atoms with van der Waals surface area (Å²) in [4.78, 5) is 10.4. The third kappa shape index (κ3) is 6.31. The SMILES string of the molecule is CC(=CCC(C)OCCO)C(=O)O. The average molecular weight is 188 g/mol. The van der Waals surface area contributed by atoms with Crippen LogP contribution in [0.15, 0.2) is 11.6 Å². The van der Waals surface area contributed by atoms with Crippen molar-refractivity contribution in [2.45, 2.75) is 26.4 Å². The highest BCUT2D eigenvalue weighted by atomic mass is 16.5. The summed E-state index contributed by atoms with van der Waals surface area (Å²) < 4.78 is 5.13. The molecule has 0 heterocycles. The standard InChI is InChI=1S/C9H16O4/c1-7(9(11)12)3-4-8(2)13-6-5-10/h3,8,10H,4-6H2,1-2H3,(H,11,12). The molecule has 0 saturated heterocycles. The van der Waals surface area contributed by atoms with E-state index in [-0.39, 0.29) is 12.7 Å². The van der Waals surface area contributed by atoms with Crippen molar-refractivity contribution in [2.24, 2.45) is 0 Å². The molecule has 0 rings (SSSR count). The van der Waals surface area contributed by atoms with Crippen molar-refractivity contribution in [3.8, 4) is 0 Å². The highest BCUT2D eigenvalue weighted by molar-refractivity contribution is 5.85. The molecule has 4 heteroatoms. The molecule has 0 aromatic heterocycles. The molecular weight excluding hydrogens is 172 g/mol. The molecule has 0 radical (unpaired) electrons. The number of hydrogen-bond donors (Lipinski definition) is 2. The minimum Gasteiger partial charge on any atom is -0.478 e. The highest BCUT2D eigenvalue weighted by Crippen LogP contribution is 2.02. The molecule has 0 bridgehead atoms. The molecule has 0 aliphatic rings. The minimum atomic E-state index is -0.908. The van der Waals surface area contributed by atoms with Crippen molar-refractivity contribution in [1.82, 2.24) is 0 Å². The highest BCUT2D eigenvalue weighted by Gasteiger charge is 2.02. The maximum atomic E-state index is 10.4. The van der Waals surface area contributed by atoms with E-state index >= 15 is 0 Å². The fourth-order valence-corrected chi connectivity index (χ4v) is 0.752. The molecule has 0 aromatic rings. The van der Waals surface area contributed by atoms with Crippen LogP contribution >= 0.6 is 0 Å². The Balaban J connectivity index is 3.73. The Labute approximate surface area is 77.8 Å². The molecule has 2 N–H and O–H groups in total. The summed E-state index contributed by atoms with van der Waals surface area (Å²) in [6, 6.07) is 0. The molecule has 0 aromatic carbocycles. The van der Waals surface area contributed by atoms with E-state index in [9.17, 15) is 4.79 Å². The zero-order valence-electron chi connectivity index (χ0n) is 7.99. The summed E-state index contributed by atoms with van der Waals surface area (Å²) in [5.74, 6) is -0.908. The van der Waals surface area contributed by atoms with E-state index in [0.29, 0.717) is 18.6 Å². The lowest BCUT2D eigenvalue weighted by Gasteiger charge is -2.09. The molecule has 0 amide bonds. The van der Waals surface area contributed by atoms with E-state index in [1.165, 1.54) is 0 Å². The predicted molar refractivity (Wildman–Crippen MR) is 48.5 cm³/mol. The molecule has 4 nitrogen and oxygen atoms in total. The Hall–Kier alpha value is -0.870. The fraction of sp³-hybridized carbons (Fsp3) is 0.667. The topological polar surface area (TPSA) is 66.8 Å². The smallest absolute Gasteiger partial charge is 0.330 e. The van der Waals surface area contributed by atoms with Gasteiger partial charge in [-0.3, -0.25) is 0 Å². The zero-order valence-corrected chi connectivity index (χ0v) is 7.99. The number of hydrogen-bond acceptors (Lipinski definition) is 3. The van der Waals surface area contributed by atoms with E-state index < -0.39 is 5.97 Å². The fourth-order valence-electron chi connectivity index (χ4n) is 0.752. The van der Waals surface area contributed by atoms with E-state index in [2.05, 4.69) is 0 Å². The van der Waals surface area contributed by atoms with Crippen LogP contribution in [-0.2, 0) is 9.53 Å². The molecular formula is C9H16O4. The van der Waals surface area contributed by atoms with Crippen molar-refractivity contribution in [3.63, 3.8) is 0 Å². The van der Waals surface area contributed by atoms with Gasteiger partial charge in [0.2, 0.25) is 0 Å². The van der Waals surface area contributed by atoms with Gasteiger partial charge < -0.3 is 14.9 Å². The molecule has 0 saturated carbocycles. The van der Waals surface area contributed by atoms with Gasteiger partial charge in [0.15, 0.2) is 0 Å². The van der Waals surface area contributed by atoms with E-state index in [0.717, 1.165) is 0 Å². The van der Waals surface area contributed by atoms with Gasteiger partial charge in [0.25, 0.3) is 0 Å². The molecule has 0 aliphatic carbocycles. The van der Waals surface area contributed by atoms with Gasteiger partial charge in [-0.15, -0.1) is 0 Å². The van der Waals surface area contributed by atoms with Crippen LogP contribution in [0.3, 0.4) is 0 Å². The first kappa shape index (κ1) is 12.1. The predicted octanol–water partition coefficient (Wildman–Crippen LogP) is 0.805. The maximum Gasteiger partial charge on any atom is 0.330 e. The van der Waals surface area contributed by atoms with Crippen LogP contribution < -0.4 is 0 Å². The second-order valence-electron chi connectivity index (χ2n) is 2.83. The number of ether oxygens (including phenoxy) is 1. The van der Waals surface area contributed by atoms with Crippen LogP contribution in [0, 0.1) is 0 Å². The van der Waals surface area contributed by atoms with Crippen LogP contribution in [0.4, 0.5) is 0 Å². The first-order valence-corrected chi connectivity index (χ1v) is 4.20. The molecule has 0 fully saturated rings. The van der Waals surface area contributed by atoms with Crippen molar-refractivity contribution in [2.75, 3.05) is 13.2 Å². The summed E-state index contributed by atoms with van der Waals surface area (Å²) in [5, 5.41) is 17.0. The van der Waals surface area contributed by atoms with Gasteiger partial charge in [0.05, 0.1) is 19.3 Å². The second-order valence-corrected chi connectivity index (χ2v) is 2.83. The maximum absolute atomic E-state index is 10.4. The Bertz CT molecular complexity index is 186. The third-order valence-corrected chi connectivity index (χ3v) is 1.59. The van der Waals surface area contributed by atoms with Crippen LogP contribution in [0.5, 0.6) is 0 Å². The van der Waals surface area contributed by atoms with Gasteiger partial charge in [-0.2, -0.15) is 0 Å². The number of aliphatic hydroxyl groups excluding tert-OH is 1. The van der Waals surface area contributed by atoms with Crippen molar-refractivity contribution >= 4 is 5.97 Å². The van der Waals surface area contributed by atoms with Crippen LogP contribution in [-0.4, -0.2) is 35.5 Å². The Morgan fingerprint density at radius 2 is 2.23 bits per heavy atom. The lowest BCUT2D eigenvalue weighted by molar-refractivity contribution is -0.132. The molecule has 13 heavy (non-hydrogen) atoms. The summed E-state index contributed by atoms with van der Waals surface area (Å²) in [5.41, 5.74) is 0.319. The Morgan fingerprint density at radius 1 is 1.62 bits per heavy atom. The largest absolute Gasteiger partial charge is 0.478 e. The molecule has 76 valence electrons. The van der Waals surface area contributed by atoms with Gasteiger partial charge >= 0.3 is 5.97 Å². The minimum absolute atomic E-state index is 0.00797. The lowest BCUT2D eigenvalue weighted by Crippen LogP contribution is -2.10. The molecule has 0 aliphatic heterocycles. The van der Waals surface area contributed by atoms with Gasteiger partial charge in [0.1, 0.15) is 0 Å². The second kappa shape index (κ2) is 6.62. The first-order valence-electron chi connectivity index (χ1n) is 4.20. The van der Waals surface area contributed by atoms with Gasteiger partial charge in [-0.05, 0) is 20.3 Å². The first-order chi connectivity index (χ1) is 6.07. The number of carbonyl (C=O) groups is 1. The van der Waals surface area contributed by atoms with E-state index in [4.69, 9.17) is 14.9 Å². The van der Waals surface area contributed by atoms with Crippen molar-refractivity contribution < 1.29 is 19.7 Å². The summed E-state index contributed by atoms with van der Waals surface area (Å²) in [6.07, 6.45) is 2.11. The van der Waals surface area contributed by atoms with Crippen LogP contribution in [0.2, 0.25) is 0 Å². The van der Waals surface area contributed by atoms with Crippen LogP contribution in [0.25, 0.3) is 0 Å². The Morgan fingerprint density at radius 3 is 2.69 bits per heavy atom. The number of rotatable bonds is 6. The van der Waals surface area contributed by atoms with E-state index in [1.54, 1.807) is 13.0 Å². The molecule has 1 unspecified atom stereocenters. The normalized spacial score (nSPS) is 14.2. The number of carboxylic acids is 1. The summed E-state index contributed by atoms with van der Waals surface area (Å²) in [6.45, 7) is 3.66.